The number of nitrogens with zero attached hydrogens (tertiary/aromatic N) is 2. The Bertz CT molecular complexity index is 709. The zero-order valence-corrected chi connectivity index (χ0v) is 16.1. The van der Waals surface area contributed by atoms with Crippen molar-refractivity contribution in [1.29, 1.82) is 0 Å². The lowest BCUT2D eigenvalue weighted by molar-refractivity contribution is -0.120. The lowest BCUT2D eigenvalue weighted by Gasteiger charge is -2.35. The first kappa shape index (κ1) is 18.0. The molecule has 1 amide bonds. The second-order valence-corrected chi connectivity index (χ2v) is 7.41. The van der Waals surface area contributed by atoms with E-state index < -0.39 is 0 Å². The Morgan fingerprint density at radius 2 is 1.72 bits per heavy atom. The number of benzene rings is 2. The Morgan fingerprint density at radius 1 is 1.04 bits per heavy atom. The van der Waals surface area contributed by atoms with Crippen molar-refractivity contribution in [3.05, 3.63) is 64.1 Å². The molecule has 0 spiro atoms. The maximum absolute atomic E-state index is 12.3. The van der Waals surface area contributed by atoms with E-state index in [4.69, 9.17) is 0 Å². The molecule has 25 heavy (non-hydrogen) atoms. The van der Waals surface area contributed by atoms with Crippen LogP contribution in [0.1, 0.15) is 11.1 Å². The van der Waals surface area contributed by atoms with Crippen LogP contribution in [0, 0.1) is 0 Å². The van der Waals surface area contributed by atoms with Crippen molar-refractivity contribution in [1.82, 2.24) is 10.2 Å². The van der Waals surface area contributed by atoms with Crippen molar-refractivity contribution in [2.75, 3.05) is 38.1 Å². The summed E-state index contributed by atoms with van der Waals surface area (Å²) in [4.78, 5) is 17.0. The Labute approximate surface area is 158 Å². The van der Waals surface area contributed by atoms with Crippen LogP contribution in [-0.2, 0) is 17.8 Å². The molecule has 5 heteroatoms. The highest BCUT2D eigenvalue weighted by Crippen LogP contribution is 2.21. The van der Waals surface area contributed by atoms with Gasteiger partial charge in [0.2, 0.25) is 5.91 Å². The molecule has 2 aromatic carbocycles. The summed E-state index contributed by atoms with van der Waals surface area (Å²) >= 11 is 3.41. The lowest BCUT2D eigenvalue weighted by Crippen LogP contribution is -2.45. The van der Waals surface area contributed by atoms with E-state index >= 15 is 0 Å². The molecule has 4 nitrogen and oxygen atoms in total. The number of anilines is 1. The molecule has 1 aliphatic rings. The molecule has 1 fully saturated rings. The van der Waals surface area contributed by atoms with E-state index in [1.807, 2.05) is 30.3 Å². The molecule has 0 atom stereocenters. The summed E-state index contributed by atoms with van der Waals surface area (Å²) < 4.78 is 1.03. The standard InChI is InChI=1S/C20H24BrN3O/c1-23-10-12-24(13-11-23)19-5-3-2-4-17(19)15-22-20(25)14-16-6-8-18(21)9-7-16/h2-9H,10-15H2,1H3,(H,22,25). The van der Waals surface area contributed by atoms with Gasteiger partial charge in [-0.1, -0.05) is 46.3 Å². The molecule has 0 bridgehead atoms. The summed E-state index contributed by atoms with van der Waals surface area (Å²) in [6.07, 6.45) is 0.407. The highest BCUT2D eigenvalue weighted by atomic mass is 79.9. The molecule has 1 N–H and O–H groups in total. The van der Waals surface area contributed by atoms with Crippen molar-refractivity contribution < 1.29 is 4.79 Å². The number of likely N-dealkylation sites (N-methyl/N-ethyl adjacent to an activating group) is 1. The average Bonchev–Trinajstić information content (AvgIpc) is 2.63. The third-order valence-electron chi connectivity index (χ3n) is 4.59. The van der Waals surface area contributed by atoms with E-state index in [1.54, 1.807) is 0 Å². The van der Waals surface area contributed by atoms with E-state index in [1.165, 1.54) is 11.3 Å². The van der Waals surface area contributed by atoms with Crippen LogP contribution < -0.4 is 10.2 Å². The minimum Gasteiger partial charge on any atom is -0.369 e. The van der Waals surface area contributed by atoms with Crippen LogP contribution in [0.5, 0.6) is 0 Å². The molecule has 1 saturated heterocycles. The van der Waals surface area contributed by atoms with Crippen LogP contribution in [-0.4, -0.2) is 44.0 Å². The minimum atomic E-state index is 0.0514. The molecular weight excluding hydrogens is 378 g/mol. The van der Waals surface area contributed by atoms with Crippen molar-refractivity contribution in [2.45, 2.75) is 13.0 Å². The summed E-state index contributed by atoms with van der Waals surface area (Å²) in [5.41, 5.74) is 3.43. The summed E-state index contributed by atoms with van der Waals surface area (Å²) in [7, 11) is 2.16. The van der Waals surface area contributed by atoms with Gasteiger partial charge in [-0.05, 0) is 36.4 Å². The molecule has 0 aromatic heterocycles. The third-order valence-corrected chi connectivity index (χ3v) is 5.12. The van der Waals surface area contributed by atoms with Crippen LogP contribution in [0.2, 0.25) is 0 Å². The second-order valence-electron chi connectivity index (χ2n) is 6.50. The Hall–Kier alpha value is -1.85. The summed E-state index contributed by atoms with van der Waals surface area (Å²) in [5, 5.41) is 3.06. The van der Waals surface area contributed by atoms with Gasteiger partial charge in [0.15, 0.2) is 0 Å². The number of carbonyl (C=O) groups excluding carboxylic acids is 1. The van der Waals surface area contributed by atoms with Gasteiger partial charge in [-0.15, -0.1) is 0 Å². The lowest BCUT2D eigenvalue weighted by atomic mass is 10.1. The van der Waals surface area contributed by atoms with E-state index in [2.05, 4.69) is 56.3 Å². The van der Waals surface area contributed by atoms with Gasteiger partial charge in [0, 0.05) is 42.9 Å². The van der Waals surface area contributed by atoms with E-state index in [-0.39, 0.29) is 5.91 Å². The van der Waals surface area contributed by atoms with Crippen LogP contribution in [0.25, 0.3) is 0 Å². The fourth-order valence-electron chi connectivity index (χ4n) is 3.06. The SMILES string of the molecule is CN1CCN(c2ccccc2CNC(=O)Cc2ccc(Br)cc2)CC1. The highest BCUT2D eigenvalue weighted by molar-refractivity contribution is 9.10. The number of halogens is 1. The van der Waals surface area contributed by atoms with Gasteiger partial charge >= 0.3 is 0 Å². The molecule has 1 aliphatic heterocycles. The molecule has 0 saturated carbocycles. The highest BCUT2D eigenvalue weighted by Gasteiger charge is 2.16. The average molecular weight is 402 g/mol. The largest absolute Gasteiger partial charge is 0.369 e. The fraction of sp³-hybridized carbons (Fsp3) is 0.350. The van der Waals surface area contributed by atoms with Crippen molar-refractivity contribution in [3.63, 3.8) is 0 Å². The van der Waals surface area contributed by atoms with Crippen molar-refractivity contribution in [2.24, 2.45) is 0 Å². The van der Waals surface area contributed by atoms with Gasteiger partial charge in [-0.2, -0.15) is 0 Å². The summed E-state index contributed by atoms with van der Waals surface area (Å²) in [5.74, 6) is 0.0514. The molecule has 3 rings (SSSR count). The number of amides is 1. The zero-order valence-electron chi connectivity index (χ0n) is 14.5. The number of piperazine rings is 1. The van der Waals surface area contributed by atoms with E-state index in [0.29, 0.717) is 13.0 Å². The molecule has 2 aromatic rings. The van der Waals surface area contributed by atoms with E-state index in [0.717, 1.165) is 36.2 Å². The summed E-state index contributed by atoms with van der Waals surface area (Å²) in [6, 6.07) is 16.2. The Kier molecular flexibility index (Phi) is 6.10. The topological polar surface area (TPSA) is 35.6 Å². The van der Waals surface area contributed by atoms with Crippen LogP contribution in [0.15, 0.2) is 53.0 Å². The number of rotatable bonds is 5. The van der Waals surface area contributed by atoms with Crippen molar-refractivity contribution in [3.8, 4) is 0 Å². The second kappa shape index (κ2) is 8.50. The number of carbonyl (C=O) groups is 1. The summed E-state index contributed by atoms with van der Waals surface area (Å²) in [6.45, 7) is 4.77. The predicted molar refractivity (Wildman–Crippen MR) is 106 cm³/mol. The number of hydrogen-bond acceptors (Lipinski definition) is 3. The van der Waals surface area contributed by atoms with Crippen molar-refractivity contribution >= 4 is 27.5 Å². The maximum Gasteiger partial charge on any atom is 0.224 e. The number of para-hydroxylation sites is 1. The fourth-order valence-corrected chi connectivity index (χ4v) is 3.32. The predicted octanol–water partition coefficient (Wildman–Crippen LogP) is 3.06. The molecule has 0 unspecified atom stereocenters. The van der Waals surface area contributed by atoms with Crippen LogP contribution >= 0.6 is 15.9 Å². The number of nitrogens with one attached hydrogen (secondary N) is 1. The first-order valence-corrected chi connectivity index (χ1v) is 9.43. The van der Waals surface area contributed by atoms with Gasteiger partial charge in [0.05, 0.1) is 6.42 Å². The first-order chi connectivity index (χ1) is 12.1. The molecule has 1 heterocycles. The Balaban J connectivity index is 1.59. The number of hydrogen-bond donors (Lipinski definition) is 1. The van der Waals surface area contributed by atoms with Gasteiger partial charge in [0.1, 0.15) is 0 Å². The van der Waals surface area contributed by atoms with Gasteiger partial charge in [-0.3, -0.25) is 4.79 Å². The molecule has 0 aliphatic carbocycles. The monoisotopic (exact) mass is 401 g/mol. The van der Waals surface area contributed by atoms with E-state index in [9.17, 15) is 4.79 Å². The normalized spacial score (nSPS) is 15.2. The first-order valence-electron chi connectivity index (χ1n) is 8.64. The third kappa shape index (κ3) is 5.06. The van der Waals surface area contributed by atoms with Crippen LogP contribution in [0.4, 0.5) is 5.69 Å². The zero-order chi connectivity index (χ0) is 17.6. The maximum atomic E-state index is 12.3. The van der Waals surface area contributed by atoms with Crippen LogP contribution in [0.3, 0.4) is 0 Å². The molecular formula is C20H24BrN3O. The Morgan fingerprint density at radius 3 is 2.44 bits per heavy atom. The van der Waals surface area contributed by atoms with Gasteiger partial charge in [-0.25, -0.2) is 0 Å². The minimum absolute atomic E-state index is 0.0514. The van der Waals surface area contributed by atoms with Gasteiger partial charge in [0.25, 0.3) is 0 Å². The van der Waals surface area contributed by atoms with Gasteiger partial charge < -0.3 is 15.1 Å². The molecule has 0 radical (unpaired) electrons. The smallest absolute Gasteiger partial charge is 0.224 e. The molecule has 132 valence electrons. The quantitative estimate of drug-likeness (QED) is 0.835.